The molecule has 1 N–H and O–H groups in total. The quantitative estimate of drug-likeness (QED) is 0.820. The molecule has 3 heteroatoms. The molecule has 0 bridgehead atoms. The molecule has 0 amide bonds. The number of hydrogen-bond acceptors (Lipinski definition) is 3. The number of hydrogen-bond donors (Lipinski definition) is 1. The zero-order valence-corrected chi connectivity index (χ0v) is 11.5. The molecule has 0 radical (unpaired) electrons. The third kappa shape index (κ3) is 3.00. The first-order chi connectivity index (χ1) is 7.79. The maximum atomic E-state index is 10.5. The molecular formula is C14H25NO2. The van der Waals surface area contributed by atoms with Gasteiger partial charge in [0.05, 0.1) is 18.1 Å². The summed E-state index contributed by atoms with van der Waals surface area (Å²) in [5.41, 5.74) is -1.39. The molecule has 0 aromatic rings. The number of nitriles is 1. The zero-order valence-electron chi connectivity index (χ0n) is 11.5. The van der Waals surface area contributed by atoms with Crippen LogP contribution >= 0.6 is 0 Å². The van der Waals surface area contributed by atoms with Crippen LogP contribution in [0.15, 0.2) is 0 Å². The average molecular weight is 239 g/mol. The summed E-state index contributed by atoms with van der Waals surface area (Å²) in [6.45, 7) is 8.92. The van der Waals surface area contributed by atoms with Crippen molar-refractivity contribution in [3.8, 4) is 6.07 Å². The van der Waals surface area contributed by atoms with Crippen LogP contribution < -0.4 is 0 Å². The van der Waals surface area contributed by atoms with Gasteiger partial charge in [-0.25, -0.2) is 0 Å². The lowest BCUT2D eigenvalue weighted by molar-refractivity contribution is -0.117. The van der Waals surface area contributed by atoms with Crippen LogP contribution in [0, 0.1) is 22.2 Å². The summed E-state index contributed by atoms with van der Waals surface area (Å²) >= 11 is 0. The second-order valence-corrected chi connectivity index (χ2v) is 6.27. The van der Waals surface area contributed by atoms with Crippen LogP contribution in [0.5, 0.6) is 0 Å². The molecule has 0 aromatic heterocycles. The molecule has 1 unspecified atom stereocenters. The second kappa shape index (κ2) is 4.96. The molecule has 1 fully saturated rings. The Morgan fingerprint density at radius 1 is 1.29 bits per heavy atom. The third-order valence-corrected chi connectivity index (χ3v) is 4.29. The smallest absolute Gasteiger partial charge is 0.104 e. The van der Waals surface area contributed by atoms with Crippen molar-refractivity contribution in [1.29, 1.82) is 5.26 Å². The number of rotatable bonds is 4. The molecule has 1 atom stereocenters. The van der Waals surface area contributed by atoms with Crippen molar-refractivity contribution in [3.05, 3.63) is 0 Å². The molecule has 0 saturated heterocycles. The maximum absolute atomic E-state index is 10.5. The van der Waals surface area contributed by atoms with E-state index in [2.05, 4.69) is 19.9 Å². The maximum Gasteiger partial charge on any atom is 0.104 e. The van der Waals surface area contributed by atoms with E-state index < -0.39 is 11.0 Å². The molecule has 1 rings (SSSR count). The van der Waals surface area contributed by atoms with Crippen LogP contribution in [0.3, 0.4) is 0 Å². The van der Waals surface area contributed by atoms with Gasteiger partial charge >= 0.3 is 0 Å². The first-order valence-corrected chi connectivity index (χ1v) is 6.50. The molecule has 0 aliphatic heterocycles. The van der Waals surface area contributed by atoms with Crippen LogP contribution in [0.4, 0.5) is 0 Å². The van der Waals surface area contributed by atoms with Crippen LogP contribution in [-0.4, -0.2) is 23.9 Å². The summed E-state index contributed by atoms with van der Waals surface area (Å²) in [5, 5.41) is 20.0. The van der Waals surface area contributed by atoms with Gasteiger partial charge in [-0.2, -0.15) is 5.26 Å². The van der Waals surface area contributed by atoms with Crippen LogP contribution in [0.25, 0.3) is 0 Å². The van der Waals surface area contributed by atoms with Gasteiger partial charge in [-0.3, -0.25) is 0 Å². The highest BCUT2D eigenvalue weighted by Crippen LogP contribution is 2.50. The Kier molecular flexibility index (Phi) is 4.22. The predicted molar refractivity (Wildman–Crippen MR) is 67.4 cm³/mol. The summed E-state index contributed by atoms with van der Waals surface area (Å²) in [6, 6.07) is 2.37. The number of ether oxygens (including phenoxy) is 1. The largest absolute Gasteiger partial charge is 0.386 e. The summed E-state index contributed by atoms with van der Waals surface area (Å²) in [5.74, 6) is 0. The lowest BCUT2D eigenvalue weighted by Gasteiger charge is -2.46. The number of aliphatic hydroxyl groups is 1. The molecule has 0 heterocycles. The lowest BCUT2D eigenvalue weighted by Crippen LogP contribution is -2.51. The second-order valence-electron chi connectivity index (χ2n) is 6.27. The van der Waals surface area contributed by atoms with Gasteiger partial charge < -0.3 is 9.84 Å². The fraction of sp³-hybridized carbons (Fsp3) is 0.929. The van der Waals surface area contributed by atoms with Gasteiger partial charge in [0.1, 0.15) is 5.60 Å². The minimum Gasteiger partial charge on any atom is -0.386 e. The van der Waals surface area contributed by atoms with Gasteiger partial charge in [0.25, 0.3) is 0 Å². The zero-order chi connectivity index (χ0) is 13.2. The van der Waals surface area contributed by atoms with Crippen molar-refractivity contribution in [2.24, 2.45) is 10.8 Å². The van der Waals surface area contributed by atoms with E-state index in [1.165, 1.54) is 0 Å². The summed E-state index contributed by atoms with van der Waals surface area (Å²) in [4.78, 5) is 0. The Hall–Kier alpha value is -0.590. The van der Waals surface area contributed by atoms with Gasteiger partial charge in [0.15, 0.2) is 0 Å². The Morgan fingerprint density at radius 2 is 1.82 bits per heavy atom. The minimum absolute atomic E-state index is 0.248. The van der Waals surface area contributed by atoms with Crippen molar-refractivity contribution in [3.63, 3.8) is 0 Å². The first kappa shape index (κ1) is 14.5. The van der Waals surface area contributed by atoms with Crippen molar-refractivity contribution < 1.29 is 9.84 Å². The Labute approximate surface area is 105 Å². The van der Waals surface area contributed by atoms with E-state index in [9.17, 15) is 10.4 Å². The molecule has 98 valence electrons. The van der Waals surface area contributed by atoms with E-state index in [1.54, 1.807) is 6.92 Å². The van der Waals surface area contributed by atoms with Crippen LogP contribution in [-0.2, 0) is 4.74 Å². The van der Waals surface area contributed by atoms with E-state index in [-0.39, 0.29) is 6.61 Å². The Balaban J connectivity index is 2.80. The Morgan fingerprint density at radius 3 is 2.24 bits per heavy atom. The van der Waals surface area contributed by atoms with Gasteiger partial charge in [-0.15, -0.1) is 0 Å². The normalized spacial score (nSPS) is 25.9. The van der Waals surface area contributed by atoms with Crippen LogP contribution in [0.1, 0.15) is 53.4 Å². The van der Waals surface area contributed by atoms with Crippen molar-refractivity contribution >= 4 is 0 Å². The first-order valence-electron chi connectivity index (χ1n) is 6.50. The molecule has 1 aliphatic rings. The van der Waals surface area contributed by atoms with E-state index in [1.807, 2.05) is 6.92 Å². The standard InChI is InChI=1S/C14H25NO2/c1-5-17-11-13(4,16)14(10-15)8-6-12(2,3)7-9-14/h16H,5-9,11H2,1-4H3. The van der Waals surface area contributed by atoms with Crippen molar-refractivity contribution in [1.82, 2.24) is 0 Å². The van der Waals surface area contributed by atoms with Gasteiger partial charge in [0.2, 0.25) is 0 Å². The highest BCUT2D eigenvalue weighted by Gasteiger charge is 2.50. The van der Waals surface area contributed by atoms with E-state index in [0.29, 0.717) is 12.0 Å². The average Bonchev–Trinajstić information content (AvgIpc) is 2.27. The third-order valence-electron chi connectivity index (χ3n) is 4.29. The van der Waals surface area contributed by atoms with Gasteiger partial charge in [-0.05, 0) is 44.9 Å². The fourth-order valence-electron chi connectivity index (χ4n) is 2.56. The summed E-state index contributed by atoms with van der Waals surface area (Å²) in [6.07, 6.45) is 3.50. The monoisotopic (exact) mass is 239 g/mol. The lowest BCUT2D eigenvalue weighted by atomic mass is 9.59. The van der Waals surface area contributed by atoms with Crippen LogP contribution in [0.2, 0.25) is 0 Å². The van der Waals surface area contributed by atoms with Crippen molar-refractivity contribution in [2.45, 2.75) is 59.0 Å². The van der Waals surface area contributed by atoms with Crippen molar-refractivity contribution in [2.75, 3.05) is 13.2 Å². The highest BCUT2D eigenvalue weighted by atomic mass is 16.5. The van der Waals surface area contributed by atoms with Gasteiger partial charge in [0, 0.05) is 6.61 Å². The van der Waals surface area contributed by atoms with E-state index in [4.69, 9.17) is 4.74 Å². The molecule has 1 aliphatic carbocycles. The summed E-state index contributed by atoms with van der Waals surface area (Å²) < 4.78 is 5.33. The number of nitrogens with zero attached hydrogens (tertiary/aromatic N) is 1. The molecule has 17 heavy (non-hydrogen) atoms. The Bertz CT molecular complexity index is 292. The van der Waals surface area contributed by atoms with E-state index >= 15 is 0 Å². The molecule has 0 spiro atoms. The topological polar surface area (TPSA) is 53.2 Å². The van der Waals surface area contributed by atoms with E-state index in [0.717, 1.165) is 25.7 Å². The molecule has 0 aromatic carbocycles. The SMILES string of the molecule is CCOCC(C)(O)C1(C#N)CCC(C)(C)CC1. The molecule has 1 saturated carbocycles. The molecule has 3 nitrogen and oxygen atoms in total. The summed E-state index contributed by atoms with van der Waals surface area (Å²) in [7, 11) is 0. The molecular weight excluding hydrogens is 214 g/mol. The fourth-order valence-corrected chi connectivity index (χ4v) is 2.56. The predicted octanol–water partition coefficient (Wildman–Crippen LogP) is 2.88. The minimum atomic E-state index is -1.05. The van der Waals surface area contributed by atoms with Gasteiger partial charge in [-0.1, -0.05) is 13.8 Å². The highest BCUT2D eigenvalue weighted by molar-refractivity contribution is 5.12.